The Hall–Kier alpha value is -2.58. The number of nitrogens with one attached hydrogen (secondary N) is 1. The Balaban J connectivity index is 1.94. The SMILES string of the molecule is CCCCOc1ccc(/C=N\NC(=O)CN(c2ccc(Cl)cc2)S(C)(=O)=O)cc1. The highest BCUT2D eigenvalue weighted by molar-refractivity contribution is 7.92. The Morgan fingerprint density at radius 3 is 2.41 bits per heavy atom. The summed E-state index contributed by atoms with van der Waals surface area (Å²) in [5, 5.41) is 4.35. The molecule has 0 aromatic heterocycles. The van der Waals surface area contributed by atoms with Gasteiger partial charge in [-0.05, 0) is 60.5 Å². The summed E-state index contributed by atoms with van der Waals surface area (Å²) in [5.74, 6) is 0.201. The van der Waals surface area contributed by atoms with Gasteiger partial charge in [0.05, 0.1) is 24.8 Å². The fourth-order valence-electron chi connectivity index (χ4n) is 2.34. The maximum Gasteiger partial charge on any atom is 0.260 e. The summed E-state index contributed by atoms with van der Waals surface area (Å²) in [6.45, 7) is 2.37. The van der Waals surface area contributed by atoms with Crippen molar-refractivity contribution < 1.29 is 17.9 Å². The molecule has 0 saturated carbocycles. The third kappa shape index (κ3) is 7.75. The molecule has 2 rings (SSSR count). The molecule has 0 aliphatic rings. The van der Waals surface area contributed by atoms with E-state index in [1.54, 1.807) is 12.1 Å². The third-order valence-electron chi connectivity index (χ3n) is 3.85. The predicted octanol–water partition coefficient (Wildman–Crippen LogP) is 3.44. The zero-order valence-corrected chi connectivity index (χ0v) is 17.9. The molecule has 156 valence electrons. The number of amides is 1. The molecule has 0 heterocycles. The summed E-state index contributed by atoms with van der Waals surface area (Å²) in [5.41, 5.74) is 3.45. The van der Waals surface area contributed by atoms with Crippen molar-refractivity contribution in [2.75, 3.05) is 23.7 Å². The van der Waals surface area contributed by atoms with Gasteiger partial charge in [0.25, 0.3) is 5.91 Å². The monoisotopic (exact) mass is 437 g/mol. The number of rotatable bonds is 10. The van der Waals surface area contributed by atoms with Crippen LogP contribution < -0.4 is 14.5 Å². The van der Waals surface area contributed by atoms with E-state index in [0.717, 1.165) is 34.7 Å². The minimum Gasteiger partial charge on any atom is -0.494 e. The quantitative estimate of drug-likeness (QED) is 0.350. The molecule has 7 nitrogen and oxygen atoms in total. The Morgan fingerprint density at radius 1 is 1.17 bits per heavy atom. The van der Waals surface area contributed by atoms with Crippen molar-refractivity contribution in [3.8, 4) is 5.75 Å². The van der Waals surface area contributed by atoms with Crippen LogP contribution in [0.1, 0.15) is 25.3 Å². The van der Waals surface area contributed by atoms with Crippen LogP contribution in [-0.2, 0) is 14.8 Å². The van der Waals surface area contributed by atoms with E-state index in [0.29, 0.717) is 17.3 Å². The molecule has 0 spiro atoms. The lowest BCUT2D eigenvalue weighted by Gasteiger charge is -2.21. The van der Waals surface area contributed by atoms with E-state index in [1.165, 1.54) is 18.3 Å². The van der Waals surface area contributed by atoms with Gasteiger partial charge in [-0.25, -0.2) is 13.8 Å². The Morgan fingerprint density at radius 2 is 1.83 bits per heavy atom. The highest BCUT2D eigenvalue weighted by atomic mass is 35.5. The highest BCUT2D eigenvalue weighted by Crippen LogP contribution is 2.20. The number of carbonyl (C=O) groups is 1. The van der Waals surface area contributed by atoms with Crippen LogP contribution in [0.4, 0.5) is 5.69 Å². The number of hydrogen-bond donors (Lipinski definition) is 1. The van der Waals surface area contributed by atoms with Crippen LogP contribution in [0.2, 0.25) is 5.02 Å². The predicted molar refractivity (Wildman–Crippen MR) is 116 cm³/mol. The summed E-state index contributed by atoms with van der Waals surface area (Å²) in [6.07, 6.45) is 4.57. The molecule has 0 saturated heterocycles. The molecule has 0 bridgehead atoms. The molecule has 1 N–H and O–H groups in total. The first-order valence-corrected chi connectivity index (χ1v) is 11.3. The first-order chi connectivity index (χ1) is 13.8. The fraction of sp³-hybridized carbons (Fsp3) is 0.300. The fourth-order valence-corrected chi connectivity index (χ4v) is 3.32. The number of carbonyl (C=O) groups excluding carboxylic acids is 1. The first-order valence-electron chi connectivity index (χ1n) is 9.07. The van der Waals surface area contributed by atoms with Gasteiger partial charge in [-0.3, -0.25) is 9.10 Å². The maximum atomic E-state index is 12.2. The molecule has 0 fully saturated rings. The van der Waals surface area contributed by atoms with Crippen LogP contribution in [0.5, 0.6) is 5.75 Å². The lowest BCUT2D eigenvalue weighted by Crippen LogP contribution is -2.38. The molecule has 0 aliphatic heterocycles. The Labute approximate surface area is 176 Å². The molecule has 9 heteroatoms. The minimum atomic E-state index is -3.65. The zero-order chi connectivity index (χ0) is 21.3. The lowest BCUT2D eigenvalue weighted by atomic mass is 10.2. The normalized spacial score (nSPS) is 11.4. The van der Waals surface area contributed by atoms with Gasteiger partial charge >= 0.3 is 0 Å². The van der Waals surface area contributed by atoms with Crippen molar-refractivity contribution in [1.29, 1.82) is 0 Å². The summed E-state index contributed by atoms with van der Waals surface area (Å²) < 4.78 is 30.6. The van der Waals surface area contributed by atoms with E-state index >= 15 is 0 Å². The van der Waals surface area contributed by atoms with Crippen molar-refractivity contribution in [2.45, 2.75) is 19.8 Å². The summed E-state index contributed by atoms with van der Waals surface area (Å²) in [6, 6.07) is 13.5. The van der Waals surface area contributed by atoms with Crippen molar-refractivity contribution >= 4 is 39.4 Å². The van der Waals surface area contributed by atoms with Gasteiger partial charge in [0.15, 0.2) is 0 Å². The van der Waals surface area contributed by atoms with Crippen LogP contribution in [-0.4, -0.2) is 39.9 Å². The van der Waals surface area contributed by atoms with Crippen LogP contribution in [0.15, 0.2) is 53.6 Å². The summed E-state index contributed by atoms with van der Waals surface area (Å²) >= 11 is 5.83. The summed E-state index contributed by atoms with van der Waals surface area (Å²) in [7, 11) is -3.65. The van der Waals surface area contributed by atoms with Gasteiger partial charge in [-0.15, -0.1) is 0 Å². The van der Waals surface area contributed by atoms with Crippen molar-refractivity contribution in [1.82, 2.24) is 5.43 Å². The molecule has 2 aromatic carbocycles. The molecule has 1 amide bonds. The number of unbranched alkanes of at least 4 members (excludes halogenated alkanes) is 1. The minimum absolute atomic E-state index is 0.342. The molecule has 2 aromatic rings. The second-order valence-electron chi connectivity index (χ2n) is 6.31. The molecule has 0 atom stereocenters. The molecule has 29 heavy (non-hydrogen) atoms. The Kier molecular flexibility index (Phi) is 8.48. The van der Waals surface area contributed by atoms with Crippen molar-refractivity contribution in [3.05, 3.63) is 59.1 Å². The molecular formula is C20H24ClN3O4S. The number of hydrazone groups is 1. The molecule has 0 unspecified atom stereocenters. The van der Waals surface area contributed by atoms with Gasteiger partial charge in [0, 0.05) is 5.02 Å². The number of anilines is 1. The number of nitrogens with zero attached hydrogens (tertiary/aromatic N) is 2. The van der Waals surface area contributed by atoms with E-state index < -0.39 is 22.5 Å². The largest absolute Gasteiger partial charge is 0.494 e. The molecule has 0 aliphatic carbocycles. The van der Waals surface area contributed by atoms with Crippen molar-refractivity contribution in [3.63, 3.8) is 0 Å². The number of sulfonamides is 1. The second kappa shape index (κ2) is 10.8. The van der Waals surface area contributed by atoms with Crippen LogP contribution in [0.25, 0.3) is 0 Å². The first kappa shape index (κ1) is 22.7. The van der Waals surface area contributed by atoms with E-state index in [2.05, 4.69) is 17.5 Å². The second-order valence-corrected chi connectivity index (χ2v) is 8.65. The Bertz CT molecular complexity index is 929. The number of halogens is 1. The van der Waals surface area contributed by atoms with Crippen LogP contribution in [0, 0.1) is 0 Å². The van der Waals surface area contributed by atoms with Gasteiger partial charge in [0.1, 0.15) is 12.3 Å². The van der Waals surface area contributed by atoms with Gasteiger partial charge in [0.2, 0.25) is 10.0 Å². The van der Waals surface area contributed by atoms with Crippen LogP contribution in [0.3, 0.4) is 0 Å². The number of hydrogen-bond acceptors (Lipinski definition) is 5. The van der Waals surface area contributed by atoms with Gasteiger partial charge in [-0.2, -0.15) is 5.10 Å². The van der Waals surface area contributed by atoms with Crippen LogP contribution >= 0.6 is 11.6 Å². The van der Waals surface area contributed by atoms with E-state index in [4.69, 9.17) is 16.3 Å². The highest BCUT2D eigenvalue weighted by Gasteiger charge is 2.20. The summed E-state index contributed by atoms with van der Waals surface area (Å²) in [4.78, 5) is 12.2. The average molecular weight is 438 g/mol. The molecular weight excluding hydrogens is 414 g/mol. The van der Waals surface area contributed by atoms with Gasteiger partial charge in [-0.1, -0.05) is 24.9 Å². The van der Waals surface area contributed by atoms with E-state index in [-0.39, 0.29) is 0 Å². The zero-order valence-electron chi connectivity index (χ0n) is 16.3. The van der Waals surface area contributed by atoms with Gasteiger partial charge < -0.3 is 4.74 Å². The van der Waals surface area contributed by atoms with E-state index in [9.17, 15) is 13.2 Å². The number of ether oxygens (including phenoxy) is 1. The topological polar surface area (TPSA) is 88.1 Å². The number of benzene rings is 2. The van der Waals surface area contributed by atoms with E-state index in [1.807, 2.05) is 24.3 Å². The average Bonchev–Trinajstić information content (AvgIpc) is 2.67. The standard InChI is InChI=1S/C20H24ClN3O4S/c1-3-4-13-28-19-11-5-16(6-12-19)14-22-23-20(25)15-24(29(2,26)27)18-9-7-17(21)8-10-18/h5-12,14H,3-4,13,15H2,1-2H3,(H,23,25)/b22-14-. The smallest absolute Gasteiger partial charge is 0.260 e. The maximum absolute atomic E-state index is 12.2. The van der Waals surface area contributed by atoms with Crippen molar-refractivity contribution in [2.24, 2.45) is 5.10 Å². The molecule has 0 radical (unpaired) electrons. The lowest BCUT2D eigenvalue weighted by molar-refractivity contribution is -0.119. The third-order valence-corrected chi connectivity index (χ3v) is 5.24.